The van der Waals surface area contributed by atoms with Gasteiger partial charge in [-0.25, -0.2) is 4.98 Å². The first-order chi connectivity index (χ1) is 5.33. The first-order valence-electron chi connectivity index (χ1n) is 3.53. The highest BCUT2D eigenvalue weighted by Gasteiger charge is 2.00. The maximum Gasteiger partial charge on any atom is 0.137 e. The molecule has 3 N–H and O–H groups in total. The molecule has 0 radical (unpaired) electrons. The van der Waals surface area contributed by atoms with Gasteiger partial charge in [-0.05, 0) is 6.42 Å². The first kappa shape index (κ1) is 8.16. The van der Waals surface area contributed by atoms with Crippen molar-refractivity contribution < 1.29 is 5.11 Å². The quantitative estimate of drug-likeness (QED) is 0.585. The maximum atomic E-state index is 9.07. The van der Waals surface area contributed by atoms with Crippen molar-refractivity contribution >= 4 is 0 Å². The smallest absolute Gasteiger partial charge is 0.137 e. The summed E-state index contributed by atoms with van der Waals surface area (Å²) in [6, 6.07) is 0. The Morgan fingerprint density at radius 2 is 2.45 bits per heavy atom. The van der Waals surface area contributed by atoms with Gasteiger partial charge in [0.05, 0.1) is 6.10 Å². The lowest BCUT2D eigenvalue weighted by Gasteiger charge is -2.05. The number of nitrogens with zero attached hydrogens (tertiary/aromatic N) is 3. The maximum absolute atomic E-state index is 9.07. The summed E-state index contributed by atoms with van der Waals surface area (Å²) in [5.41, 5.74) is 5.22. The van der Waals surface area contributed by atoms with E-state index in [2.05, 4.69) is 10.1 Å². The van der Waals surface area contributed by atoms with Gasteiger partial charge < -0.3 is 10.8 Å². The summed E-state index contributed by atoms with van der Waals surface area (Å²) < 4.78 is 1.67. The normalized spacial score (nSPS) is 13.3. The molecule has 0 aliphatic rings. The summed E-state index contributed by atoms with van der Waals surface area (Å²) in [4.78, 5) is 3.76. The molecule has 1 aromatic heterocycles. The van der Waals surface area contributed by atoms with Crippen LogP contribution in [0.15, 0.2) is 12.7 Å². The largest absolute Gasteiger partial charge is 0.392 e. The molecule has 11 heavy (non-hydrogen) atoms. The van der Waals surface area contributed by atoms with E-state index < -0.39 is 6.10 Å². The third kappa shape index (κ3) is 2.65. The highest BCUT2D eigenvalue weighted by atomic mass is 16.3. The molecule has 5 heteroatoms. The van der Waals surface area contributed by atoms with E-state index in [0.29, 0.717) is 19.5 Å². The van der Waals surface area contributed by atoms with Crippen LogP contribution >= 0.6 is 0 Å². The van der Waals surface area contributed by atoms with Gasteiger partial charge in [-0.15, -0.1) is 0 Å². The Balaban J connectivity index is 2.23. The molecule has 0 saturated carbocycles. The zero-order valence-corrected chi connectivity index (χ0v) is 6.22. The van der Waals surface area contributed by atoms with Gasteiger partial charge in [-0.3, -0.25) is 4.68 Å². The second-order valence-electron chi connectivity index (χ2n) is 2.34. The van der Waals surface area contributed by atoms with E-state index in [1.54, 1.807) is 11.0 Å². The van der Waals surface area contributed by atoms with Crippen LogP contribution in [0, 0.1) is 0 Å². The van der Waals surface area contributed by atoms with E-state index in [0.717, 1.165) is 0 Å². The van der Waals surface area contributed by atoms with Gasteiger partial charge in [-0.1, -0.05) is 0 Å². The molecule has 0 aromatic carbocycles. The van der Waals surface area contributed by atoms with Crippen LogP contribution < -0.4 is 5.73 Å². The predicted molar refractivity (Wildman–Crippen MR) is 39.7 cm³/mol. The zero-order valence-electron chi connectivity index (χ0n) is 6.22. The number of aromatic nitrogens is 3. The van der Waals surface area contributed by atoms with Crippen LogP contribution in [-0.4, -0.2) is 32.5 Å². The molecular weight excluding hydrogens is 144 g/mol. The van der Waals surface area contributed by atoms with Gasteiger partial charge in [0, 0.05) is 13.1 Å². The highest BCUT2D eigenvalue weighted by molar-refractivity contribution is 4.59. The molecule has 0 bridgehead atoms. The van der Waals surface area contributed by atoms with Gasteiger partial charge >= 0.3 is 0 Å². The van der Waals surface area contributed by atoms with Crippen molar-refractivity contribution in [3.8, 4) is 0 Å². The van der Waals surface area contributed by atoms with E-state index >= 15 is 0 Å². The summed E-state index contributed by atoms with van der Waals surface area (Å²) in [5.74, 6) is 0. The molecule has 1 heterocycles. The predicted octanol–water partition coefficient (Wildman–Crippen LogP) is -1.01. The minimum Gasteiger partial charge on any atom is -0.392 e. The third-order valence-corrected chi connectivity index (χ3v) is 1.43. The minimum absolute atomic E-state index is 0.300. The summed E-state index contributed by atoms with van der Waals surface area (Å²) in [6.45, 7) is 0.965. The average molecular weight is 156 g/mol. The Hall–Kier alpha value is -0.940. The van der Waals surface area contributed by atoms with Crippen molar-refractivity contribution in [1.82, 2.24) is 14.8 Å². The summed E-state index contributed by atoms with van der Waals surface area (Å²) in [5, 5.41) is 12.9. The highest BCUT2D eigenvalue weighted by Crippen LogP contribution is 1.91. The molecule has 1 aromatic rings. The van der Waals surface area contributed by atoms with E-state index in [1.807, 2.05) is 0 Å². The lowest BCUT2D eigenvalue weighted by Crippen LogP contribution is -2.21. The Labute approximate surface area is 64.9 Å². The molecular formula is C6H12N4O. The van der Waals surface area contributed by atoms with Crippen LogP contribution in [-0.2, 0) is 6.54 Å². The zero-order chi connectivity index (χ0) is 8.10. The molecule has 0 spiro atoms. The molecule has 0 unspecified atom stereocenters. The lowest BCUT2D eigenvalue weighted by atomic mass is 10.2. The standard InChI is InChI=1S/C6H12N4O/c7-3-6(11)1-2-10-5-8-4-9-10/h4-6,11H,1-3,7H2/t6-/m1/s1. The summed E-state index contributed by atoms with van der Waals surface area (Å²) in [7, 11) is 0. The Morgan fingerprint density at radius 3 is 3.00 bits per heavy atom. The van der Waals surface area contributed by atoms with Crippen LogP contribution in [0.25, 0.3) is 0 Å². The number of nitrogens with two attached hydrogens (primary N) is 1. The molecule has 0 fully saturated rings. The van der Waals surface area contributed by atoms with E-state index in [9.17, 15) is 0 Å². The third-order valence-electron chi connectivity index (χ3n) is 1.43. The first-order valence-corrected chi connectivity index (χ1v) is 3.53. The van der Waals surface area contributed by atoms with Crippen LogP contribution in [0.1, 0.15) is 6.42 Å². The number of aliphatic hydroxyl groups excluding tert-OH is 1. The fraction of sp³-hybridized carbons (Fsp3) is 0.667. The molecule has 0 aliphatic carbocycles. The Kier molecular flexibility index (Phi) is 3.00. The summed E-state index contributed by atoms with van der Waals surface area (Å²) in [6.07, 6.45) is 3.27. The van der Waals surface area contributed by atoms with Gasteiger partial charge in [0.2, 0.25) is 0 Å². The topological polar surface area (TPSA) is 77.0 Å². The minimum atomic E-state index is -0.431. The monoisotopic (exact) mass is 156 g/mol. The Bertz CT molecular complexity index is 186. The van der Waals surface area contributed by atoms with Crippen molar-refractivity contribution in [2.24, 2.45) is 5.73 Å². The SMILES string of the molecule is NC[C@H](O)CCn1cncn1. The molecule has 5 nitrogen and oxygen atoms in total. The van der Waals surface area contributed by atoms with Crippen LogP contribution in [0.2, 0.25) is 0 Å². The van der Waals surface area contributed by atoms with Crippen LogP contribution in [0.4, 0.5) is 0 Å². The molecule has 0 aliphatic heterocycles. The van der Waals surface area contributed by atoms with Crippen molar-refractivity contribution in [2.75, 3.05) is 6.54 Å². The van der Waals surface area contributed by atoms with Crippen molar-refractivity contribution in [1.29, 1.82) is 0 Å². The van der Waals surface area contributed by atoms with Gasteiger partial charge in [0.1, 0.15) is 12.7 Å². The Morgan fingerprint density at radius 1 is 1.64 bits per heavy atom. The second-order valence-corrected chi connectivity index (χ2v) is 2.34. The average Bonchev–Trinajstić information content (AvgIpc) is 2.52. The van der Waals surface area contributed by atoms with Crippen molar-refractivity contribution in [3.63, 3.8) is 0 Å². The lowest BCUT2D eigenvalue weighted by molar-refractivity contribution is 0.165. The fourth-order valence-electron chi connectivity index (χ4n) is 0.747. The number of hydrogen-bond donors (Lipinski definition) is 2. The fourth-order valence-corrected chi connectivity index (χ4v) is 0.747. The number of hydrogen-bond acceptors (Lipinski definition) is 4. The second kappa shape index (κ2) is 4.05. The number of rotatable bonds is 4. The molecule has 0 saturated heterocycles. The van der Waals surface area contributed by atoms with Crippen LogP contribution in [0.5, 0.6) is 0 Å². The molecule has 1 atom stereocenters. The van der Waals surface area contributed by atoms with Gasteiger partial charge in [0.15, 0.2) is 0 Å². The number of aliphatic hydroxyl groups is 1. The van der Waals surface area contributed by atoms with Gasteiger partial charge in [0.25, 0.3) is 0 Å². The number of aryl methyl sites for hydroxylation is 1. The van der Waals surface area contributed by atoms with E-state index in [4.69, 9.17) is 10.8 Å². The van der Waals surface area contributed by atoms with E-state index in [1.165, 1.54) is 6.33 Å². The summed E-state index contributed by atoms with van der Waals surface area (Å²) >= 11 is 0. The molecule has 62 valence electrons. The van der Waals surface area contributed by atoms with E-state index in [-0.39, 0.29) is 0 Å². The molecule has 0 amide bonds. The van der Waals surface area contributed by atoms with Gasteiger partial charge in [-0.2, -0.15) is 5.10 Å². The van der Waals surface area contributed by atoms with Crippen molar-refractivity contribution in [3.05, 3.63) is 12.7 Å². The van der Waals surface area contributed by atoms with Crippen LogP contribution in [0.3, 0.4) is 0 Å². The molecule has 1 rings (SSSR count). The van der Waals surface area contributed by atoms with Crippen molar-refractivity contribution in [2.45, 2.75) is 19.1 Å².